The Morgan fingerprint density at radius 2 is 2.05 bits per heavy atom. The number of pyridine rings is 1. The van der Waals surface area contributed by atoms with E-state index in [4.69, 9.17) is 23.2 Å². The number of hydrogen-bond donors (Lipinski definition) is 2. The number of nitrogens with zero attached hydrogens (tertiary/aromatic N) is 1. The van der Waals surface area contributed by atoms with Crippen LogP contribution in [0.2, 0.25) is 10.0 Å². The standard InChI is InChI=1S/C13H12Cl2N2O3S2/c14-8-3-7-10(4-9(8)15)17-5-11(13(7)18)22(19,20)12-6-16-1-2-21-12/h3-5,12,16H,1-2,6H2,(H,17,18). The van der Waals surface area contributed by atoms with E-state index in [0.29, 0.717) is 22.8 Å². The number of rotatable bonds is 2. The normalized spacial score (nSPS) is 19.5. The van der Waals surface area contributed by atoms with E-state index in [0.717, 1.165) is 6.54 Å². The molecule has 0 amide bonds. The average molecular weight is 379 g/mol. The Morgan fingerprint density at radius 3 is 2.73 bits per heavy atom. The van der Waals surface area contributed by atoms with Gasteiger partial charge in [0, 0.05) is 24.2 Å². The van der Waals surface area contributed by atoms with Gasteiger partial charge in [0.25, 0.3) is 0 Å². The van der Waals surface area contributed by atoms with E-state index in [1.54, 1.807) is 0 Å². The Labute approximate surface area is 141 Å². The van der Waals surface area contributed by atoms with Crippen LogP contribution in [-0.2, 0) is 9.84 Å². The maximum absolute atomic E-state index is 12.7. The van der Waals surface area contributed by atoms with Gasteiger partial charge >= 0.3 is 0 Å². The van der Waals surface area contributed by atoms with Gasteiger partial charge in [-0.3, -0.25) is 4.98 Å². The summed E-state index contributed by atoms with van der Waals surface area (Å²) in [6.45, 7) is 1.11. The molecule has 1 saturated heterocycles. The Kier molecular flexibility index (Phi) is 4.44. The molecule has 2 N–H and O–H groups in total. The van der Waals surface area contributed by atoms with Crippen LogP contribution in [0.3, 0.4) is 0 Å². The fourth-order valence-electron chi connectivity index (χ4n) is 2.25. The molecule has 9 heteroatoms. The fourth-order valence-corrected chi connectivity index (χ4v) is 5.84. The molecule has 118 valence electrons. The van der Waals surface area contributed by atoms with Crippen molar-refractivity contribution in [2.75, 3.05) is 18.8 Å². The van der Waals surface area contributed by atoms with Crippen LogP contribution >= 0.6 is 35.0 Å². The van der Waals surface area contributed by atoms with Crippen LogP contribution in [0.5, 0.6) is 5.75 Å². The van der Waals surface area contributed by atoms with E-state index in [9.17, 15) is 13.5 Å². The van der Waals surface area contributed by atoms with E-state index in [1.165, 1.54) is 30.1 Å². The van der Waals surface area contributed by atoms with Crippen LogP contribution in [0, 0.1) is 0 Å². The molecule has 1 aliphatic rings. The first-order chi connectivity index (χ1) is 10.4. The lowest BCUT2D eigenvalue weighted by atomic mass is 10.2. The van der Waals surface area contributed by atoms with Crippen molar-refractivity contribution in [3.63, 3.8) is 0 Å². The molecular weight excluding hydrogens is 367 g/mol. The smallest absolute Gasteiger partial charge is 0.196 e. The highest BCUT2D eigenvalue weighted by Gasteiger charge is 2.32. The molecule has 1 atom stereocenters. The quantitative estimate of drug-likeness (QED) is 0.835. The minimum atomic E-state index is -3.70. The van der Waals surface area contributed by atoms with Gasteiger partial charge in [0.15, 0.2) is 9.84 Å². The van der Waals surface area contributed by atoms with E-state index < -0.39 is 14.4 Å². The molecule has 5 nitrogen and oxygen atoms in total. The van der Waals surface area contributed by atoms with Gasteiger partial charge in [0.1, 0.15) is 15.2 Å². The van der Waals surface area contributed by atoms with Crippen LogP contribution in [0.4, 0.5) is 0 Å². The van der Waals surface area contributed by atoms with Gasteiger partial charge in [-0.2, -0.15) is 0 Å². The summed E-state index contributed by atoms with van der Waals surface area (Å²) in [4.78, 5) is 3.91. The maximum Gasteiger partial charge on any atom is 0.196 e. The van der Waals surface area contributed by atoms with Crippen LogP contribution in [0.15, 0.2) is 23.2 Å². The zero-order chi connectivity index (χ0) is 15.9. The van der Waals surface area contributed by atoms with E-state index in [-0.39, 0.29) is 21.1 Å². The highest BCUT2D eigenvalue weighted by atomic mass is 35.5. The Balaban J connectivity index is 2.15. The van der Waals surface area contributed by atoms with Crippen molar-refractivity contribution in [1.29, 1.82) is 0 Å². The summed E-state index contributed by atoms with van der Waals surface area (Å²) in [5, 5.41) is 14.2. The molecule has 0 saturated carbocycles. The molecule has 0 aliphatic carbocycles. The Bertz CT molecular complexity index is 837. The number of sulfone groups is 1. The van der Waals surface area contributed by atoms with E-state index in [1.807, 2.05) is 0 Å². The average Bonchev–Trinajstić information content (AvgIpc) is 2.50. The number of nitrogens with one attached hydrogen (secondary N) is 1. The minimum Gasteiger partial charge on any atom is -0.506 e. The molecule has 0 radical (unpaired) electrons. The van der Waals surface area contributed by atoms with E-state index in [2.05, 4.69) is 10.3 Å². The van der Waals surface area contributed by atoms with Crippen molar-refractivity contribution in [2.24, 2.45) is 0 Å². The second kappa shape index (κ2) is 6.05. The number of halogens is 2. The zero-order valence-electron chi connectivity index (χ0n) is 11.2. The van der Waals surface area contributed by atoms with Crippen molar-refractivity contribution < 1.29 is 13.5 Å². The van der Waals surface area contributed by atoms with Crippen molar-refractivity contribution in [1.82, 2.24) is 10.3 Å². The third-order valence-corrected chi connectivity index (χ3v) is 8.03. The zero-order valence-corrected chi connectivity index (χ0v) is 14.4. The van der Waals surface area contributed by atoms with Gasteiger partial charge < -0.3 is 10.4 Å². The molecule has 1 fully saturated rings. The third-order valence-electron chi connectivity index (χ3n) is 3.39. The monoisotopic (exact) mass is 378 g/mol. The Hall–Kier alpha value is -0.730. The Morgan fingerprint density at radius 1 is 1.32 bits per heavy atom. The van der Waals surface area contributed by atoms with Gasteiger partial charge in [-0.15, -0.1) is 11.8 Å². The summed E-state index contributed by atoms with van der Waals surface area (Å²) in [7, 11) is -3.70. The minimum absolute atomic E-state index is 0.181. The number of benzene rings is 1. The summed E-state index contributed by atoms with van der Waals surface area (Å²) in [5.41, 5.74) is 0.389. The van der Waals surface area contributed by atoms with Gasteiger partial charge in [0.05, 0.1) is 21.8 Å². The number of thioether (sulfide) groups is 1. The van der Waals surface area contributed by atoms with Crippen molar-refractivity contribution in [3.05, 3.63) is 28.4 Å². The molecule has 1 aliphatic heterocycles. The highest BCUT2D eigenvalue weighted by molar-refractivity contribution is 8.13. The lowest BCUT2D eigenvalue weighted by Gasteiger charge is -2.22. The molecule has 2 heterocycles. The molecular formula is C13H12Cl2N2O3S2. The van der Waals surface area contributed by atoms with Crippen LogP contribution < -0.4 is 5.32 Å². The highest BCUT2D eigenvalue weighted by Crippen LogP contribution is 2.37. The van der Waals surface area contributed by atoms with Gasteiger partial charge in [-0.05, 0) is 12.1 Å². The topological polar surface area (TPSA) is 79.3 Å². The number of aromatic nitrogens is 1. The predicted octanol–water partition coefficient (Wildman–Crippen LogP) is 2.68. The predicted molar refractivity (Wildman–Crippen MR) is 89.7 cm³/mol. The second-order valence-corrected chi connectivity index (χ2v) is 9.33. The first-order valence-electron chi connectivity index (χ1n) is 6.44. The first kappa shape index (κ1) is 16.1. The van der Waals surface area contributed by atoms with E-state index >= 15 is 0 Å². The first-order valence-corrected chi connectivity index (χ1v) is 9.79. The molecule has 1 aromatic carbocycles. The van der Waals surface area contributed by atoms with Gasteiger partial charge in [-0.1, -0.05) is 23.2 Å². The number of hydrogen-bond acceptors (Lipinski definition) is 6. The fraction of sp³-hybridized carbons (Fsp3) is 0.308. The SMILES string of the molecule is O=S(=O)(c1cnc2cc(Cl)c(Cl)cc2c1O)C1CNCCS1. The molecule has 2 aromatic rings. The second-order valence-electron chi connectivity index (χ2n) is 4.80. The van der Waals surface area contributed by atoms with Crippen molar-refractivity contribution >= 4 is 55.7 Å². The third kappa shape index (κ3) is 2.76. The summed E-state index contributed by atoms with van der Waals surface area (Å²) >= 11 is 13.2. The molecule has 3 rings (SSSR count). The molecule has 22 heavy (non-hydrogen) atoms. The van der Waals surface area contributed by atoms with Gasteiger partial charge in [-0.25, -0.2) is 8.42 Å². The molecule has 0 bridgehead atoms. The summed E-state index contributed by atoms with van der Waals surface area (Å²) in [6.07, 6.45) is 1.17. The van der Waals surface area contributed by atoms with Crippen LogP contribution in [-0.4, -0.2) is 41.9 Å². The maximum atomic E-state index is 12.7. The molecule has 0 spiro atoms. The lowest BCUT2D eigenvalue weighted by Crippen LogP contribution is -2.37. The summed E-state index contributed by atoms with van der Waals surface area (Å²) < 4.78 is 24.7. The number of aromatic hydroxyl groups is 1. The molecule has 1 unspecified atom stereocenters. The largest absolute Gasteiger partial charge is 0.506 e. The molecule has 1 aromatic heterocycles. The number of fused-ring (bicyclic) bond motifs is 1. The van der Waals surface area contributed by atoms with Crippen molar-refractivity contribution in [2.45, 2.75) is 9.48 Å². The summed E-state index contributed by atoms with van der Waals surface area (Å²) in [6, 6.07) is 2.92. The van der Waals surface area contributed by atoms with Gasteiger partial charge in [0.2, 0.25) is 0 Å². The van der Waals surface area contributed by atoms with Crippen LogP contribution in [0.25, 0.3) is 10.9 Å². The van der Waals surface area contributed by atoms with Crippen molar-refractivity contribution in [3.8, 4) is 5.75 Å². The lowest BCUT2D eigenvalue weighted by molar-refractivity contribution is 0.464. The summed E-state index contributed by atoms with van der Waals surface area (Å²) in [5.74, 6) is 0.363. The van der Waals surface area contributed by atoms with Crippen LogP contribution in [0.1, 0.15) is 0 Å².